The zero-order chi connectivity index (χ0) is 14.5. The Balaban J connectivity index is 2.01. The molecule has 0 aromatic carbocycles. The summed E-state index contributed by atoms with van der Waals surface area (Å²) in [4.78, 5) is 8.77. The summed E-state index contributed by atoms with van der Waals surface area (Å²) < 4.78 is 0. The van der Waals surface area contributed by atoms with Gasteiger partial charge in [-0.15, -0.1) is 11.3 Å². The van der Waals surface area contributed by atoms with Gasteiger partial charge in [-0.25, -0.2) is 4.98 Å². The van der Waals surface area contributed by atoms with Crippen LogP contribution in [0, 0.1) is 5.92 Å². The predicted octanol–water partition coefficient (Wildman–Crippen LogP) is 3.39. The second-order valence-electron chi connectivity index (χ2n) is 5.87. The van der Waals surface area contributed by atoms with Crippen LogP contribution in [-0.2, 0) is 13.0 Å². The average molecular weight is 314 g/mol. The van der Waals surface area contributed by atoms with Crippen LogP contribution in [0.2, 0.25) is 0 Å². The van der Waals surface area contributed by atoms with Gasteiger partial charge in [-0.2, -0.15) is 11.8 Å². The second-order valence-corrected chi connectivity index (χ2v) is 8.48. The summed E-state index contributed by atoms with van der Waals surface area (Å²) >= 11 is 3.96. The van der Waals surface area contributed by atoms with Gasteiger partial charge in [-0.05, 0) is 18.9 Å². The van der Waals surface area contributed by atoms with Crippen molar-refractivity contribution in [3.63, 3.8) is 0 Å². The van der Waals surface area contributed by atoms with Gasteiger partial charge in [-0.1, -0.05) is 27.7 Å². The van der Waals surface area contributed by atoms with E-state index in [4.69, 9.17) is 4.98 Å². The van der Waals surface area contributed by atoms with Crippen molar-refractivity contribution >= 4 is 28.2 Å². The Kier molecular flexibility index (Phi) is 6.18. The van der Waals surface area contributed by atoms with Gasteiger partial charge in [0, 0.05) is 35.5 Å². The summed E-state index contributed by atoms with van der Waals surface area (Å²) in [6.07, 6.45) is 1.04. The minimum atomic E-state index is 0.701. The number of thiazole rings is 1. The van der Waals surface area contributed by atoms with Gasteiger partial charge in [0.2, 0.25) is 0 Å². The summed E-state index contributed by atoms with van der Waals surface area (Å²) in [6, 6.07) is 0. The third-order valence-corrected chi connectivity index (χ3v) is 5.75. The minimum Gasteiger partial charge on any atom is -0.346 e. The quantitative estimate of drug-likeness (QED) is 0.871. The number of aryl methyl sites for hydroxylation is 1. The van der Waals surface area contributed by atoms with Gasteiger partial charge in [0.05, 0.1) is 5.69 Å². The Labute approximate surface area is 131 Å². The molecule has 0 bridgehead atoms. The molecule has 1 unspecified atom stereocenters. The van der Waals surface area contributed by atoms with Crippen LogP contribution in [-0.4, -0.2) is 35.6 Å². The standard InChI is InChI=1S/C15H27N3S2/c1-5-13-14(9-16-8-11(2)3)20-15(17-13)18-6-7-19-12(4)10-18/h11-12,16H,5-10H2,1-4H3. The van der Waals surface area contributed by atoms with E-state index < -0.39 is 0 Å². The average Bonchev–Trinajstić information content (AvgIpc) is 2.81. The Hall–Kier alpha value is -0.260. The molecule has 1 aliphatic heterocycles. The first kappa shape index (κ1) is 16.1. The molecule has 1 aliphatic rings. The van der Waals surface area contributed by atoms with Crippen molar-refractivity contribution in [3.8, 4) is 0 Å². The highest BCUT2D eigenvalue weighted by Gasteiger charge is 2.21. The van der Waals surface area contributed by atoms with Crippen LogP contribution in [0.1, 0.15) is 38.3 Å². The van der Waals surface area contributed by atoms with Crippen molar-refractivity contribution < 1.29 is 0 Å². The molecule has 5 heteroatoms. The van der Waals surface area contributed by atoms with Crippen LogP contribution in [0.25, 0.3) is 0 Å². The Bertz CT molecular complexity index is 417. The van der Waals surface area contributed by atoms with E-state index in [1.807, 2.05) is 11.3 Å². The Morgan fingerprint density at radius 2 is 2.25 bits per heavy atom. The molecular weight excluding hydrogens is 286 g/mol. The van der Waals surface area contributed by atoms with Gasteiger partial charge in [-0.3, -0.25) is 0 Å². The van der Waals surface area contributed by atoms with Crippen LogP contribution < -0.4 is 10.2 Å². The molecule has 1 aromatic heterocycles. The fraction of sp³-hybridized carbons (Fsp3) is 0.800. The second kappa shape index (κ2) is 7.66. The van der Waals surface area contributed by atoms with Gasteiger partial charge in [0.15, 0.2) is 5.13 Å². The van der Waals surface area contributed by atoms with Crippen LogP contribution in [0.4, 0.5) is 5.13 Å². The lowest BCUT2D eigenvalue weighted by atomic mass is 10.2. The maximum Gasteiger partial charge on any atom is 0.185 e. The Morgan fingerprint density at radius 3 is 2.90 bits per heavy atom. The van der Waals surface area contributed by atoms with Crippen molar-refractivity contribution in [1.82, 2.24) is 10.3 Å². The summed E-state index contributed by atoms with van der Waals surface area (Å²) in [7, 11) is 0. The number of thioether (sulfide) groups is 1. The highest BCUT2D eigenvalue weighted by molar-refractivity contribution is 8.00. The molecule has 3 nitrogen and oxygen atoms in total. The number of rotatable bonds is 6. The molecule has 114 valence electrons. The van der Waals surface area contributed by atoms with Gasteiger partial charge < -0.3 is 10.2 Å². The van der Waals surface area contributed by atoms with E-state index in [0.717, 1.165) is 37.8 Å². The molecule has 0 aliphatic carbocycles. The highest BCUT2D eigenvalue weighted by Crippen LogP contribution is 2.30. The van der Waals surface area contributed by atoms with E-state index in [0.29, 0.717) is 5.92 Å². The van der Waals surface area contributed by atoms with E-state index in [1.54, 1.807) is 0 Å². The number of nitrogens with zero attached hydrogens (tertiary/aromatic N) is 2. The monoisotopic (exact) mass is 313 g/mol. The van der Waals surface area contributed by atoms with Crippen molar-refractivity contribution in [2.45, 2.75) is 45.9 Å². The molecule has 0 saturated carbocycles. The van der Waals surface area contributed by atoms with E-state index in [2.05, 4.69) is 49.7 Å². The van der Waals surface area contributed by atoms with Crippen molar-refractivity contribution in [2.24, 2.45) is 5.92 Å². The SMILES string of the molecule is CCc1nc(N2CCSC(C)C2)sc1CNCC(C)C. The minimum absolute atomic E-state index is 0.701. The van der Waals surface area contributed by atoms with E-state index >= 15 is 0 Å². The van der Waals surface area contributed by atoms with Gasteiger partial charge in [0.25, 0.3) is 0 Å². The topological polar surface area (TPSA) is 28.2 Å². The largest absolute Gasteiger partial charge is 0.346 e. The fourth-order valence-electron chi connectivity index (χ4n) is 2.39. The number of nitrogens with one attached hydrogen (secondary N) is 1. The predicted molar refractivity (Wildman–Crippen MR) is 92.2 cm³/mol. The van der Waals surface area contributed by atoms with E-state index in [1.165, 1.54) is 21.5 Å². The molecular formula is C15H27N3S2. The molecule has 1 atom stereocenters. The van der Waals surface area contributed by atoms with Gasteiger partial charge in [0.1, 0.15) is 0 Å². The van der Waals surface area contributed by atoms with Crippen molar-refractivity contribution in [3.05, 3.63) is 10.6 Å². The van der Waals surface area contributed by atoms with Crippen molar-refractivity contribution in [2.75, 3.05) is 30.3 Å². The molecule has 0 spiro atoms. The molecule has 1 N–H and O–H groups in total. The molecule has 1 saturated heterocycles. The molecule has 20 heavy (non-hydrogen) atoms. The zero-order valence-corrected chi connectivity index (χ0v) is 14.7. The number of anilines is 1. The number of aromatic nitrogens is 1. The maximum atomic E-state index is 4.88. The van der Waals surface area contributed by atoms with Crippen LogP contribution in [0.15, 0.2) is 0 Å². The lowest BCUT2D eigenvalue weighted by Gasteiger charge is -2.30. The van der Waals surface area contributed by atoms with Crippen LogP contribution in [0.5, 0.6) is 0 Å². The first-order valence-electron chi connectivity index (χ1n) is 7.66. The zero-order valence-electron chi connectivity index (χ0n) is 13.1. The number of hydrogen-bond donors (Lipinski definition) is 1. The Morgan fingerprint density at radius 1 is 1.45 bits per heavy atom. The van der Waals surface area contributed by atoms with Gasteiger partial charge >= 0.3 is 0 Å². The van der Waals surface area contributed by atoms with Crippen LogP contribution in [0.3, 0.4) is 0 Å². The molecule has 0 amide bonds. The summed E-state index contributed by atoms with van der Waals surface area (Å²) in [5.74, 6) is 1.93. The fourth-order valence-corrected chi connectivity index (χ4v) is 4.55. The molecule has 2 heterocycles. The molecule has 0 radical (unpaired) electrons. The smallest absolute Gasteiger partial charge is 0.185 e. The lowest BCUT2D eigenvalue weighted by molar-refractivity contribution is 0.553. The first-order valence-corrected chi connectivity index (χ1v) is 9.52. The maximum absolute atomic E-state index is 4.88. The normalized spacial score (nSPS) is 19.9. The first-order chi connectivity index (χ1) is 9.60. The molecule has 1 fully saturated rings. The highest BCUT2D eigenvalue weighted by atomic mass is 32.2. The summed E-state index contributed by atoms with van der Waals surface area (Å²) in [5.41, 5.74) is 1.28. The summed E-state index contributed by atoms with van der Waals surface area (Å²) in [5, 5.41) is 5.50. The van der Waals surface area contributed by atoms with E-state index in [-0.39, 0.29) is 0 Å². The number of hydrogen-bond acceptors (Lipinski definition) is 5. The third-order valence-electron chi connectivity index (χ3n) is 3.45. The summed E-state index contributed by atoms with van der Waals surface area (Å²) in [6.45, 7) is 13.3. The molecule has 2 rings (SSSR count). The van der Waals surface area contributed by atoms with E-state index in [9.17, 15) is 0 Å². The molecule has 1 aromatic rings. The lowest BCUT2D eigenvalue weighted by Crippen LogP contribution is -2.36. The third kappa shape index (κ3) is 4.37. The van der Waals surface area contributed by atoms with Crippen molar-refractivity contribution in [1.29, 1.82) is 0 Å². The van der Waals surface area contributed by atoms with Crippen LogP contribution >= 0.6 is 23.1 Å².